The van der Waals surface area contributed by atoms with Crippen LogP contribution in [-0.2, 0) is 0 Å². The molecule has 2 aromatic rings. The van der Waals surface area contributed by atoms with Gasteiger partial charge in [0.1, 0.15) is 5.82 Å². The smallest absolute Gasteiger partial charge is 0.106 e. The van der Waals surface area contributed by atoms with Crippen molar-refractivity contribution >= 4 is 0 Å². The summed E-state index contributed by atoms with van der Waals surface area (Å²) in [6, 6.07) is 11.0. The van der Waals surface area contributed by atoms with Crippen molar-refractivity contribution in [2.75, 3.05) is 13.1 Å². The predicted molar refractivity (Wildman–Crippen MR) is 73.5 cm³/mol. The van der Waals surface area contributed by atoms with Crippen LogP contribution in [0.5, 0.6) is 0 Å². The van der Waals surface area contributed by atoms with Crippen LogP contribution >= 0.6 is 0 Å². The van der Waals surface area contributed by atoms with Crippen LogP contribution in [0, 0.1) is 6.92 Å². The highest BCUT2D eigenvalue weighted by Crippen LogP contribution is 2.25. The Labute approximate surface area is 108 Å². The number of aromatic nitrogens is 2. The Hall–Kier alpha value is -1.61. The van der Waals surface area contributed by atoms with Crippen molar-refractivity contribution in [3.05, 3.63) is 42.4 Å². The molecule has 3 heteroatoms. The Morgan fingerprint density at radius 2 is 1.89 bits per heavy atom. The average molecular weight is 241 g/mol. The fourth-order valence-corrected chi connectivity index (χ4v) is 2.69. The number of piperidine rings is 1. The Bertz CT molecular complexity index is 510. The van der Waals surface area contributed by atoms with Gasteiger partial charge in [-0.2, -0.15) is 0 Å². The SMILES string of the molecule is Cc1nc(-c2ccccc2)cn1C1CCNCC1. The lowest BCUT2D eigenvalue weighted by atomic mass is 10.1. The van der Waals surface area contributed by atoms with Gasteiger partial charge in [0.15, 0.2) is 0 Å². The molecule has 18 heavy (non-hydrogen) atoms. The summed E-state index contributed by atoms with van der Waals surface area (Å²) >= 11 is 0. The highest BCUT2D eigenvalue weighted by molar-refractivity contribution is 5.58. The monoisotopic (exact) mass is 241 g/mol. The number of imidazole rings is 1. The topological polar surface area (TPSA) is 29.9 Å². The third kappa shape index (κ3) is 2.18. The van der Waals surface area contributed by atoms with E-state index in [1.54, 1.807) is 0 Å². The Balaban J connectivity index is 1.91. The van der Waals surface area contributed by atoms with Crippen molar-refractivity contribution in [2.45, 2.75) is 25.8 Å². The number of hydrogen-bond donors (Lipinski definition) is 1. The van der Waals surface area contributed by atoms with Crippen LogP contribution in [0.2, 0.25) is 0 Å². The third-order valence-electron chi connectivity index (χ3n) is 3.69. The maximum Gasteiger partial charge on any atom is 0.106 e. The summed E-state index contributed by atoms with van der Waals surface area (Å²) in [5.74, 6) is 1.13. The molecular formula is C15H19N3. The number of benzene rings is 1. The van der Waals surface area contributed by atoms with Crippen molar-refractivity contribution in [3.63, 3.8) is 0 Å². The molecule has 0 atom stereocenters. The van der Waals surface area contributed by atoms with E-state index in [2.05, 4.69) is 47.3 Å². The Kier molecular flexibility index (Phi) is 3.15. The quantitative estimate of drug-likeness (QED) is 0.876. The molecule has 1 aromatic carbocycles. The molecule has 1 N–H and O–H groups in total. The minimum atomic E-state index is 0.608. The molecule has 1 saturated heterocycles. The summed E-state index contributed by atoms with van der Waals surface area (Å²) < 4.78 is 2.35. The molecule has 3 rings (SSSR count). The Morgan fingerprint density at radius 1 is 1.17 bits per heavy atom. The first kappa shape index (κ1) is 11.5. The van der Waals surface area contributed by atoms with Gasteiger partial charge in [-0.1, -0.05) is 30.3 Å². The van der Waals surface area contributed by atoms with E-state index >= 15 is 0 Å². The van der Waals surface area contributed by atoms with E-state index in [1.807, 2.05) is 6.07 Å². The molecule has 1 aromatic heterocycles. The van der Waals surface area contributed by atoms with Gasteiger partial charge in [-0.3, -0.25) is 0 Å². The average Bonchev–Trinajstić information content (AvgIpc) is 2.83. The van der Waals surface area contributed by atoms with Crippen molar-refractivity contribution in [3.8, 4) is 11.3 Å². The fraction of sp³-hybridized carbons (Fsp3) is 0.400. The van der Waals surface area contributed by atoms with E-state index in [0.29, 0.717) is 6.04 Å². The zero-order valence-electron chi connectivity index (χ0n) is 10.8. The molecule has 1 fully saturated rings. The van der Waals surface area contributed by atoms with Gasteiger partial charge in [-0.05, 0) is 32.9 Å². The normalized spacial score (nSPS) is 16.9. The number of nitrogens with zero attached hydrogens (tertiary/aromatic N) is 2. The first-order valence-corrected chi connectivity index (χ1v) is 6.66. The van der Waals surface area contributed by atoms with Gasteiger partial charge in [0.2, 0.25) is 0 Å². The standard InChI is InChI=1S/C15H19N3/c1-12-17-15(13-5-3-2-4-6-13)11-18(12)14-7-9-16-10-8-14/h2-6,11,14,16H,7-10H2,1H3. The lowest BCUT2D eigenvalue weighted by molar-refractivity contribution is 0.363. The van der Waals surface area contributed by atoms with Crippen LogP contribution in [0.4, 0.5) is 0 Å². The van der Waals surface area contributed by atoms with Crippen LogP contribution in [0.25, 0.3) is 11.3 Å². The molecule has 0 spiro atoms. The zero-order chi connectivity index (χ0) is 12.4. The maximum absolute atomic E-state index is 4.70. The third-order valence-corrected chi connectivity index (χ3v) is 3.69. The van der Waals surface area contributed by atoms with Gasteiger partial charge in [0, 0.05) is 17.8 Å². The van der Waals surface area contributed by atoms with E-state index in [9.17, 15) is 0 Å². The van der Waals surface area contributed by atoms with Crippen LogP contribution in [0.15, 0.2) is 36.5 Å². The molecule has 0 amide bonds. The summed E-state index contributed by atoms with van der Waals surface area (Å²) in [6.07, 6.45) is 4.61. The first-order chi connectivity index (χ1) is 8.84. The minimum Gasteiger partial charge on any atom is -0.331 e. The maximum atomic E-state index is 4.70. The largest absolute Gasteiger partial charge is 0.331 e. The summed E-state index contributed by atoms with van der Waals surface area (Å²) in [5.41, 5.74) is 2.29. The molecular weight excluding hydrogens is 222 g/mol. The molecule has 0 aliphatic carbocycles. The number of aryl methyl sites for hydroxylation is 1. The Morgan fingerprint density at radius 3 is 2.61 bits per heavy atom. The zero-order valence-corrected chi connectivity index (χ0v) is 10.8. The lowest BCUT2D eigenvalue weighted by Crippen LogP contribution is -2.29. The second kappa shape index (κ2) is 4.94. The summed E-state index contributed by atoms with van der Waals surface area (Å²) in [4.78, 5) is 4.70. The molecule has 1 aliphatic heterocycles. The van der Waals surface area contributed by atoms with Crippen LogP contribution < -0.4 is 5.32 Å². The van der Waals surface area contributed by atoms with E-state index in [4.69, 9.17) is 4.98 Å². The van der Waals surface area contributed by atoms with Crippen LogP contribution in [0.3, 0.4) is 0 Å². The fourth-order valence-electron chi connectivity index (χ4n) is 2.69. The molecule has 0 bridgehead atoms. The molecule has 0 saturated carbocycles. The van der Waals surface area contributed by atoms with Crippen LogP contribution in [-0.4, -0.2) is 22.6 Å². The molecule has 0 radical (unpaired) electrons. The predicted octanol–water partition coefficient (Wildman–Crippen LogP) is 2.78. The van der Waals surface area contributed by atoms with Crippen molar-refractivity contribution in [1.82, 2.24) is 14.9 Å². The van der Waals surface area contributed by atoms with Gasteiger partial charge in [0.25, 0.3) is 0 Å². The lowest BCUT2D eigenvalue weighted by Gasteiger charge is -2.24. The van der Waals surface area contributed by atoms with E-state index < -0.39 is 0 Å². The van der Waals surface area contributed by atoms with Crippen molar-refractivity contribution < 1.29 is 0 Å². The van der Waals surface area contributed by atoms with Gasteiger partial charge < -0.3 is 9.88 Å². The summed E-state index contributed by atoms with van der Waals surface area (Å²) in [7, 11) is 0. The van der Waals surface area contributed by atoms with Gasteiger partial charge >= 0.3 is 0 Å². The highest BCUT2D eigenvalue weighted by atomic mass is 15.1. The van der Waals surface area contributed by atoms with Gasteiger partial charge in [-0.15, -0.1) is 0 Å². The minimum absolute atomic E-state index is 0.608. The first-order valence-electron chi connectivity index (χ1n) is 6.66. The molecule has 2 heterocycles. The van der Waals surface area contributed by atoms with E-state index in [1.165, 1.54) is 18.4 Å². The van der Waals surface area contributed by atoms with Crippen LogP contribution in [0.1, 0.15) is 24.7 Å². The second-order valence-electron chi connectivity index (χ2n) is 4.93. The molecule has 94 valence electrons. The summed E-state index contributed by atoms with van der Waals surface area (Å²) in [5, 5.41) is 3.41. The van der Waals surface area contributed by atoms with Crippen molar-refractivity contribution in [2.24, 2.45) is 0 Å². The van der Waals surface area contributed by atoms with E-state index in [0.717, 1.165) is 24.6 Å². The summed E-state index contributed by atoms with van der Waals surface area (Å²) in [6.45, 7) is 4.33. The molecule has 1 aliphatic rings. The highest BCUT2D eigenvalue weighted by Gasteiger charge is 2.17. The molecule has 0 unspecified atom stereocenters. The number of nitrogens with one attached hydrogen (secondary N) is 1. The van der Waals surface area contributed by atoms with Crippen molar-refractivity contribution in [1.29, 1.82) is 0 Å². The van der Waals surface area contributed by atoms with E-state index in [-0.39, 0.29) is 0 Å². The number of rotatable bonds is 2. The second-order valence-corrected chi connectivity index (χ2v) is 4.93. The van der Waals surface area contributed by atoms with Gasteiger partial charge in [0.05, 0.1) is 5.69 Å². The molecule has 3 nitrogen and oxygen atoms in total. The number of hydrogen-bond acceptors (Lipinski definition) is 2. The van der Waals surface area contributed by atoms with Gasteiger partial charge in [-0.25, -0.2) is 4.98 Å².